The van der Waals surface area contributed by atoms with Gasteiger partial charge in [-0.05, 0) is 116 Å². The molecule has 6 heteroatoms. The summed E-state index contributed by atoms with van der Waals surface area (Å²) in [6.45, 7) is 0. The standard InChI is InChI=1S/C46H28N2S4/c1-5-13-39-31(9-1)23-43(49-39)47(44-24-32-10-2-6-14-40(32)50-44)35-21-19-29-17-18-30-20-22-36(28-38(30)37(29)27-35)48(45-25-33-11-3-7-15-41(33)51-45)46-26-34-12-4-8-16-42(34)52-46/h1-28H. The van der Waals surface area contributed by atoms with Crippen molar-refractivity contribution in [2.45, 2.75) is 0 Å². The smallest absolute Gasteiger partial charge is 0.102 e. The largest absolute Gasteiger partial charge is 0.293 e. The van der Waals surface area contributed by atoms with E-state index >= 15 is 0 Å². The number of fused-ring (bicyclic) bond motifs is 7. The van der Waals surface area contributed by atoms with E-state index in [0.717, 1.165) is 11.4 Å². The van der Waals surface area contributed by atoms with Crippen LogP contribution in [-0.2, 0) is 0 Å². The Labute approximate surface area is 316 Å². The predicted octanol–water partition coefficient (Wildman–Crippen LogP) is 15.8. The Hall–Kier alpha value is -5.50. The SMILES string of the molecule is c1ccc2sc(N(c3ccc4ccc5ccc(N(c6cc7ccccc7s6)c6cc7ccccc7s6)cc5c4c3)c3cc4ccccc4s3)cc2c1. The Bertz CT molecular complexity index is 2630. The van der Waals surface area contributed by atoms with Crippen LogP contribution in [0.3, 0.4) is 0 Å². The summed E-state index contributed by atoms with van der Waals surface area (Å²) < 4.78 is 5.17. The maximum Gasteiger partial charge on any atom is 0.102 e. The molecule has 246 valence electrons. The van der Waals surface area contributed by atoms with E-state index in [4.69, 9.17) is 0 Å². The molecule has 0 bridgehead atoms. The molecule has 0 unspecified atom stereocenters. The quantitative estimate of drug-likeness (QED) is 0.157. The molecule has 0 spiro atoms. The molecular formula is C46H28N2S4. The Morgan fingerprint density at radius 2 is 0.558 bits per heavy atom. The molecule has 0 N–H and O–H groups in total. The van der Waals surface area contributed by atoms with Crippen molar-refractivity contribution in [3.8, 4) is 0 Å². The highest BCUT2D eigenvalue weighted by Crippen LogP contribution is 2.49. The van der Waals surface area contributed by atoms with Crippen LogP contribution in [0.5, 0.6) is 0 Å². The fourth-order valence-electron chi connectivity index (χ4n) is 7.34. The maximum absolute atomic E-state index is 2.46. The minimum atomic E-state index is 1.16. The van der Waals surface area contributed by atoms with Crippen LogP contribution in [0.15, 0.2) is 170 Å². The highest BCUT2D eigenvalue weighted by atomic mass is 32.1. The Kier molecular flexibility index (Phi) is 6.98. The van der Waals surface area contributed by atoms with E-state index in [1.807, 2.05) is 45.3 Å². The van der Waals surface area contributed by atoms with Crippen LogP contribution >= 0.6 is 45.3 Å². The molecule has 0 atom stereocenters. The number of rotatable bonds is 6. The van der Waals surface area contributed by atoms with E-state index in [1.54, 1.807) is 0 Å². The highest BCUT2D eigenvalue weighted by Gasteiger charge is 2.21. The molecule has 11 aromatic rings. The van der Waals surface area contributed by atoms with Gasteiger partial charge in [0.2, 0.25) is 0 Å². The highest BCUT2D eigenvalue weighted by molar-refractivity contribution is 7.25. The molecule has 0 fully saturated rings. The van der Waals surface area contributed by atoms with Gasteiger partial charge in [0.1, 0.15) is 20.0 Å². The molecule has 0 aliphatic heterocycles. The van der Waals surface area contributed by atoms with Gasteiger partial charge in [-0.25, -0.2) is 0 Å². The van der Waals surface area contributed by atoms with Gasteiger partial charge in [-0.2, -0.15) is 0 Å². The molecule has 0 radical (unpaired) electrons. The summed E-state index contributed by atoms with van der Waals surface area (Å²) in [5, 5.41) is 14.9. The number of thiophene rings is 4. The van der Waals surface area contributed by atoms with Crippen LogP contribution in [0.4, 0.5) is 31.4 Å². The van der Waals surface area contributed by atoms with Crippen molar-refractivity contribution in [3.63, 3.8) is 0 Å². The molecule has 0 saturated heterocycles. The molecule has 11 rings (SSSR count). The van der Waals surface area contributed by atoms with E-state index in [-0.39, 0.29) is 0 Å². The minimum absolute atomic E-state index is 1.16. The van der Waals surface area contributed by atoms with Crippen LogP contribution in [0.1, 0.15) is 0 Å². The molecule has 7 aromatic carbocycles. The van der Waals surface area contributed by atoms with Crippen LogP contribution in [0.2, 0.25) is 0 Å². The lowest BCUT2D eigenvalue weighted by atomic mass is 10.0. The van der Waals surface area contributed by atoms with Crippen molar-refractivity contribution in [1.82, 2.24) is 0 Å². The second-order valence-electron chi connectivity index (χ2n) is 13.0. The molecule has 0 aliphatic carbocycles. The summed E-state index contributed by atoms with van der Waals surface area (Å²) in [7, 11) is 0. The van der Waals surface area contributed by atoms with E-state index in [9.17, 15) is 0 Å². The first-order chi connectivity index (χ1) is 25.7. The number of hydrogen-bond donors (Lipinski definition) is 0. The van der Waals surface area contributed by atoms with Crippen LogP contribution in [0.25, 0.3) is 61.9 Å². The van der Waals surface area contributed by atoms with Gasteiger partial charge < -0.3 is 0 Å². The van der Waals surface area contributed by atoms with Crippen molar-refractivity contribution >= 4 is 139 Å². The lowest BCUT2D eigenvalue weighted by Crippen LogP contribution is -2.07. The van der Waals surface area contributed by atoms with Gasteiger partial charge >= 0.3 is 0 Å². The third kappa shape index (κ3) is 5.02. The van der Waals surface area contributed by atoms with E-state index in [0.29, 0.717) is 0 Å². The second kappa shape index (κ2) is 12.0. The van der Waals surface area contributed by atoms with E-state index < -0.39 is 0 Å². The van der Waals surface area contributed by atoms with Crippen LogP contribution in [-0.4, -0.2) is 0 Å². The average molecular weight is 737 g/mol. The zero-order chi connectivity index (χ0) is 34.2. The third-order valence-corrected chi connectivity index (χ3v) is 14.3. The van der Waals surface area contributed by atoms with Gasteiger partial charge in [0.25, 0.3) is 0 Å². The van der Waals surface area contributed by atoms with Gasteiger partial charge in [-0.15, -0.1) is 45.3 Å². The zero-order valence-corrected chi connectivity index (χ0v) is 31.0. The van der Waals surface area contributed by atoms with Gasteiger partial charge in [0.05, 0.1) is 0 Å². The molecule has 4 aromatic heterocycles. The first kappa shape index (κ1) is 30.2. The van der Waals surface area contributed by atoms with Gasteiger partial charge in [-0.1, -0.05) is 97.1 Å². The first-order valence-electron chi connectivity index (χ1n) is 17.2. The number of hydrogen-bond acceptors (Lipinski definition) is 6. The Morgan fingerprint density at radius 1 is 0.269 bits per heavy atom. The molecular weight excluding hydrogens is 709 g/mol. The monoisotopic (exact) mass is 736 g/mol. The van der Waals surface area contributed by atoms with Crippen molar-refractivity contribution in [2.24, 2.45) is 0 Å². The molecule has 2 nitrogen and oxygen atoms in total. The predicted molar refractivity (Wildman–Crippen MR) is 232 cm³/mol. The Morgan fingerprint density at radius 3 is 0.865 bits per heavy atom. The van der Waals surface area contributed by atoms with Gasteiger partial charge in [0, 0.05) is 30.2 Å². The summed E-state index contributed by atoms with van der Waals surface area (Å²) in [4.78, 5) is 4.91. The number of benzene rings is 7. The van der Waals surface area contributed by atoms with E-state index in [1.165, 1.54) is 81.9 Å². The zero-order valence-electron chi connectivity index (χ0n) is 27.7. The summed E-state index contributed by atoms with van der Waals surface area (Å²) >= 11 is 7.39. The summed E-state index contributed by atoms with van der Waals surface area (Å²) in [5.74, 6) is 0. The molecule has 52 heavy (non-hydrogen) atoms. The fraction of sp³-hybridized carbons (Fsp3) is 0. The third-order valence-electron chi connectivity index (χ3n) is 9.85. The van der Waals surface area contributed by atoms with Crippen molar-refractivity contribution in [2.75, 3.05) is 9.80 Å². The normalized spacial score (nSPS) is 11.8. The minimum Gasteiger partial charge on any atom is -0.293 e. The molecule has 4 heterocycles. The first-order valence-corrected chi connectivity index (χ1v) is 20.5. The van der Waals surface area contributed by atoms with Gasteiger partial charge in [-0.3, -0.25) is 9.80 Å². The fourth-order valence-corrected chi connectivity index (χ4v) is 11.8. The second-order valence-corrected chi connectivity index (χ2v) is 17.3. The average Bonchev–Trinajstić information content (AvgIpc) is 3.99. The number of nitrogens with zero attached hydrogens (tertiary/aromatic N) is 2. The van der Waals surface area contributed by atoms with E-state index in [2.05, 4.69) is 180 Å². The van der Waals surface area contributed by atoms with Crippen LogP contribution in [0, 0.1) is 0 Å². The summed E-state index contributed by atoms with van der Waals surface area (Å²) in [6, 6.07) is 62.6. The van der Waals surface area contributed by atoms with Crippen molar-refractivity contribution in [1.29, 1.82) is 0 Å². The maximum atomic E-state index is 2.46. The number of anilines is 6. The summed E-state index contributed by atoms with van der Waals surface area (Å²) in [5.41, 5.74) is 2.32. The molecule has 0 saturated carbocycles. The van der Waals surface area contributed by atoms with Crippen molar-refractivity contribution in [3.05, 3.63) is 170 Å². The van der Waals surface area contributed by atoms with Crippen molar-refractivity contribution < 1.29 is 0 Å². The summed E-state index contributed by atoms with van der Waals surface area (Å²) in [6.07, 6.45) is 0. The molecule has 0 amide bonds. The Balaban J connectivity index is 1.12. The lowest BCUT2D eigenvalue weighted by Gasteiger charge is -2.23. The lowest BCUT2D eigenvalue weighted by molar-refractivity contribution is 1.36. The van der Waals surface area contributed by atoms with Gasteiger partial charge in [0.15, 0.2) is 0 Å². The molecule has 0 aliphatic rings. The van der Waals surface area contributed by atoms with Crippen LogP contribution < -0.4 is 9.80 Å². The topological polar surface area (TPSA) is 6.48 Å².